The monoisotopic (exact) mass is 393 g/mol. The molecule has 2 N–H and O–H groups in total. The highest BCUT2D eigenvalue weighted by molar-refractivity contribution is 7.94. The van der Waals surface area contributed by atoms with Crippen molar-refractivity contribution in [2.45, 2.75) is 17.6 Å². The van der Waals surface area contributed by atoms with Crippen LogP contribution < -0.4 is 10.0 Å². The molecular weight excluding hydrogens is 378 g/mol. The van der Waals surface area contributed by atoms with E-state index in [0.717, 1.165) is 22.6 Å². The van der Waals surface area contributed by atoms with E-state index in [9.17, 15) is 13.2 Å². The molecule has 130 valence electrons. The lowest BCUT2D eigenvalue weighted by Gasteiger charge is -2.07. The van der Waals surface area contributed by atoms with Crippen LogP contribution in [0.2, 0.25) is 0 Å². The van der Waals surface area contributed by atoms with Crippen molar-refractivity contribution in [2.75, 3.05) is 10.0 Å². The summed E-state index contributed by atoms with van der Waals surface area (Å²) in [5, 5.41) is 6.89. The smallest absolute Gasteiger partial charge is 0.271 e. The maximum Gasteiger partial charge on any atom is 0.271 e. The molecule has 2 aromatic heterocycles. The third-order valence-corrected chi connectivity index (χ3v) is 6.85. The number of aryl methyl sites for hydroxylation is 1. The molecule has 0 radical (unpaired) electrons. The molecule has 0 atom stereocenters. The van der Waals surface area contributed by atoms with Gasteiger partial charge >= 0.3 is 0 Å². The third kappa shape index (κ3) is 4.65. The fourth-order valence-corrected chi connectivity index (χ4v) is 4.83. The number of carbonyl (C=O) groups excluding carboxylic acids is 1. The fraction of sp³-hybridized carbons (Fsp3) is 0.125. The number of thiazole rings is 1. The van der Waals surface area contributed by atoms with Crippen molar-refractivity contribution in [2.24, 2.45) is 0 Å². The number of thiophene rings is 1. The van der Waals surface area contributed by atoms with E-state index >= 15 is 0 Å². The molecule has 0 bridgehead atoms. The number of amides is 1. The summed E-state index contributed by atoms with van der Waals surface area (Å²) in [6, 6.07) is 9.96. The van der Waals surface area contributed by atoms with Crippen LogP contribution in [0.4, 0.5) is 10.8 Å². The van der Waals surface area contributed by atoms with Gasteiger partial charge < -0.3 is 5.32 Å². The SMILES string of the molecule is Cc1csc(NC(=O)Cc2ccc(NS(=O)(=O)c3cccs3)cc2)n1. The highest BCUT2D eigenvalue weighted by Gasteiger charge is 2.15. The highest BCUT2D eigenvalue weighted by Crippen LogP contribution is 2.21. The van der Waals surface area contributed by atoms with Crippen LogP contribution in [0.1, 0.15) is 11.3 Å². The number of aromatic nitrogens is 1. The molecule has 1 amide bonds. The van der Waals surface area contributed by atoms with Gasteiger partial charge in [0.25, 0.3) is 10.0 Å². The standard InChI is InChI=1S/C16H15N3O3S3/c1-11-10-24-16(17-11)18-14(20)9-12-4-6-13(7-5-12)19-25(21,22)15-3-2-8-23-15/h2-8,10,19H,9H2,1H3,(H,17,18,20). The van der Waals surface area contributed by atoms with Gasteiger partial charge in [-0.15, -0.1) is 22.7 Å². The lowest BCUT2D eigenvalue weighted by molar-refractivity contribution is -0.115. The van der Waals surface area contributed by atoms with Crippen LogP contribution >= 0.6 is 22.7 Å². The van der Waals surface area contributed by atoms with Crippen LogP contribution in [0, 0.1) is 6.92 Å². The van der Waals surface area contributed by atoms with E-state index < -0.39 is 10.0 Å². The predicted octanol–water partition coefficient (Wildman–Crippen LogP) is 3.50. The zero-order valence-corrected chi connectivity index (χ0v) is 15.7. The van der Waals surface area contributed by atoms with Crippen LogP contribution in [0.25, 0.3) is 0 Å². The second-order valence-electron chi connectivity index (χ2n) is 5.25. The predicted molar refractivity (Wildman–Crippen MR) is 101 cm³/mol. The summed E-state index contributed by atoms with van der Waals surface area (Å²) in [7, 11) is -3.56. The molecule has 0 saturated heterocycles. The lowest BCUT2D eigenvalue weighted by Crippen LogP contribution is -2.14. The number of carbonyl (C=O) groups is 1. The minimum absolute atomic E-state index is 0.165. The minimum atomic E-state index is -3.56. The van der Waals surface area contributed by atoms with Crippen LogP contribution in [0.15, 0.2) is 51.4 Å². The van der Waals surface area contributed by atoms with Crippen LogP contribution in [-0.4, -0.2) is 19.3 Å². The number of sulfonamides is 1. The molecular formula is C16H15N3O3S3. The van der Waals surface area contributed by atoms with E-state index in [4.69, 9.17) is 0 Å². The molecule has 3 rings (SSSR count). The first kappa shape index (κ1) is 17.6. The van der Waals surface area contributed by atoms with E-state index in [0.29, 0.717) is 10.8 Å². The van der Waals surface area contributed by atoms with Crippen molar-refractivity contribution in [3.63, 3.8) is 0 Å². The topological polar surface area (TPSA) is 88.2 Å². The molecule has 0 aliphatic carbocycles. The van der Waals surface area contributed by atoms with Gasteiger partial charge in [0.2, 0.25) is 5.91 Å². The Hall–Kier alpha value is -2.23. The molecule has 3 aromatic rings. The molecule has 9 heteroatoms. The van der Waals surface area contributed by atoms with Gasteiger partial charge in [0.05, 0.1) is 12.1 Å². The van der Waals surface area contributed by atoms with Gasteiger partial charge in [0.1, 0.15) is 4.21 Å². The summed E-state index contributed by atoms with van der Waals surface area (Å²) >= 11 is 2.53. The van der Waals surface area contributed by atoms with Crippen molar-refractivity contribution >= 4 is 49.4 Å². The molecule has 0 aliphatic rings. The Labute approximate surface area is 153 Å². The van der Waals surface area contributed by atoms with E-state index in [1.807, 2.05) is 12.3 Å². The maximum absolute atomic E-state index is 12.2. The minimum Gasteiger partial charge on any atom is -0.302 e. The molecule has 25 heavy (non-hydrogen) atoms. The zero-order valence-electron chi connectivity index (χ0n) is 13.2. The van der Waals surface area contributed by atoms with E-state index in [1.54, 1.807) is 41.8 Å². The second-order valence-corrected chi connectivity index (χ2v) is 8.97. The second kappa shape index (κ2) is 7.34. The normalized spacial score (nSPS) is 11.2. The number of hydrogen-bond donors (Lipinski definition) is 2. The summed E-state index contributed by atoms with van der Waals surface area (Å²) < 4.78 is 27.1. The van der Waals surface area contributed by atoms with E-state index in [1.165, 1.54) is 11.3 Å². The molecule has 0 fully saturated rings. The van der Waals surface area contributed by atoms with Crippen LogP contribution in [0.5, 0.6) is 0 Å². The molecule has 1 aromatic carbocycles. The van der Waals surface area contributed by atoms with E-state index in [-0.39, 0.29) is 16.5 Å². The molecule has 0 unspecified atom stereocenters. The maximum atomic E-state index is 12.2. The summed E-state index contributed by atoms with van der Waals surface area (Å²) in [5.41, 5.74) is 2.10. The molecule has 2 heterocycles. The van der Waals surface area contributed by atoms with Crippen LogP contribution in [-0.2, 0) is 21.2 Å². The van der Waals surface area contributed by atoms with Crippen molar-refractivity contribution < 1.29 is 13.2 Å². The van der Waals surface area contributed by atoms with Gasteiger partial charge in [-0.3, -0.25) is 9.52 Å². The average molecular weight is 394 g/mol. The van der Waals surface area contributed by atoms with Gasteiger partial charge in [0, 0.05) is 11.1 Å². The lowest BCUT2D eigenvalue weighted by atomic mass is 10.1. The van der Waals surface area contributed by atoms with Gasteiger partial charge in [-0.1, -0.05) is 18.2 Å². The number of rotatable bonds is 6. The van der Waals surface area contributed by atoms with Gasteiger partial charge in [-0.05, 0) is 36.1 Å². The summed E-state index contributed by atoms with van der Waals surface area (Å²) in [6.07, 6.45) is 0.191. The zero-order chi connectivity index (χ0) is 17.9. The third-order valence-electron chi connectivity index (χ3n) is 3.20. The molecule has 0 aliphatic heterocycles. The Kier molecular flexibility index (Phi) is 5.16. The Morgan fingerprint density at radius 1 is 1.16 bits per heavy atom. The van der Waals surface area contributed by atoms with Crippen LogP contribution in [0.3, 0.4) is 0 Å². The number of anilines is 2. The first-order valence-corrected chi connectivity index (χ1v) is 10.5. The van der Waals surface area contributed by atoms with Gasteiger partial charge in [0.15, 0.2) is 5.13 Å². The Balaban J connectivity index is 1.61. The Bertz CT molecular complexity index is 962. The van der Waals surface area contributed by atoms with Gasteiger partial charge in [-0.2, -0.15) is 0 Å². The largest absolute Gasteiger partial charge is 0.302 e. The number of nitrogens with zero attached hydrogens (tertiary/aromatic N) is 1. The Morgan fingerprint density at radius 3 is 2.52 bits per heavy atom. The van der Waals surface area contributed by atoms with Crippen molar-refractivity contribution in [1.82, 2.24) is 4.98 Å². The number of hydrogen-bond acceptors (Lipinski definition) is 6. The Morgan fingerprint density at radius 2 is 1.92 bits per heavy atom. The van der Waals surface area contributed by atoms with Crippen molar-refractivity contribution in [3.05, 3.63) is 58.4 Å². The fourth-order valence-electron chi connectivity index (χ4n) is 2.07. The molecule has 0 spiro atoms. The summed E-state index contributed by atoms with van der Waals surface area (Å²) in [6.45, 7) is 1.86. The first-order chi connectivity index (χ1) is 11.9. The van der Waals surface area contributed by atoms with Crippen molar-refractivity contribution in [3.8, 4) is 0 Å². The van der Waals surface area contributed by atoms with Crippen molar-refractivity contribution in [1.29, 1.82) is 0 Å². The first-order valence-electron chi connectivity index (χ1n) is 7.30. The quantitative estimate of drug-likeness (QED) is 0.671. The molecule has 6 nitrogen and oxygen atoms in total. The number of benzene rings is 1. The summed E-state index contributed by atoms with van der Waals surface area (Å²) in [5.74, 6) is -0.165. The summed E-state index contributed by atoms with van der Waals surface area (Å²) in [4.78, 5) is 16.2. The van der Waals surface area contributed by atoms with Gasteiger partial charge in [-0.25, -0.2) is 13.4 Å². The molecule has 0 saturated carbocycles. The average Bonchev–Trinajstić information content (AvgIpc) is 3.21. The number of nitrogens with one attached hydrogen (secondary N) is 2. The highest BCUT2D eigenvalue weighted by atomic mass is 32.2. The van der Waals surface area contributed by atoms with E-state index in [2.05, 4.69) is 15.0 Å².